The summed E-state index contributed by atoms with van der Waals surface area (Å²) < 4.78 is 20.3. The molecule has 0 fully saturated rings. The molecule has 1 heterocycles. The van der Waals surface area contributed by atoms with Gasteiger partial charge in [-0.25, -0.2) is 9.78 Å². The van der Waals surface area contributed by atoms with Crippen LogP contribution in [-0.4, -0.2) is 36.2 Å². The van der Waals surface area contributed by atoms with E-state index in [9.17, 15) is 9.18 Å². The minimum Gasteiger partial charge on any atom is -0.461 e. The molecule has 0 radical (unpaired) electrons. The van der Waals surface area contributed by atoms with Crippen LogP contribution in [0.15, 0.2) is 30.6 Å². The SMILES string of the molecule is CCOC(=O)c1c(F)ncn1C(C)c1ccccc1N(C)C. The van der Waals surface area contributed by atoms with E-state index in [0.717, 1.165) is 11.3 Å². The quantitative estimate of drug-likeness (QED) is 0.797. The summed E-state index contributed by atoms with van der Waals surface area (Å²) in [5.74, 6) is -1.51. The third-order valence-corrected chi connectivity index (χ3v) is 3.50. The van der Waals surface area contributed by atoms with Gasteiger partial charge in [0.1, 0.15) is 0 Å². The highest BCUT2D eigenvalue weighted by Gasteiger charge is 2.25. The second-order valence-corrected chi connectivity index (χ2v) is 5.14. The van der Waals surface area contributed by atoms with E-state index in [1.54, 1.807) is 6.92 Å². The molecular weight excluding hydrogens is 285 g/mol. The number of para-hydroxylation sites is 1. The second kappa shape index (κ2) is 6.60. The fourth-order valence-electron chi connectivity index (χ4n) is 2.42. The van der Waals surface area contributed by atoms with Crippen LogP contribution in [0.5, 0.6) is 0 Å². The van der Waals surface area contributed by atoms with Gasteiger partial charge in [-0.1, -0.05) is 18.2 Å². The summed E-state index contributed by atoms with van der Waals surface area (Å²) in [7, 11) is 3.87. The molecule has 0 bridgehead atoms. The predicted molar refractivity (Wildman–Crippen MR) is 82.7 cm³/mol. The Morgan fingerprint density at radius 3 is 2.73 bits per heavy atom. The van der Waals surface area contributed by atoms with Crippen LogP contribution in [0.1, 0.15) is 35.9 Å². The number of carbonyl (C=O) groups excluding carboxylic acids is 1. The molecule has 1 atom stereocenters. The summed E-state index contributed by atoms with van der Waals surface area (Å²) >= 11 is 0. The van der Waals surface area contributed by atoms with Crippen LogP contribution in [0, 0.1) is 5.95 Å². The normalized spacial score (nSPS) is 12.0. The average molecular weight is 305 g/mol. The van der Waals surface area contributed by atoms with Crippen LogP contribution in [0.2, 0.25) is 0 Å². The van der Waals surface area contributed by atoms with Gasteiger partial charge in [0.25, 0.3) is 0 Å². The molecule has 1 aromatic carbocycles. The second-order valence-electron chi connectivity index (χ2n) is 5.14. The lowest BCUT2D eigenvalue weighted by Gasteiger charge is -2.23. The van der Waals surface area contributed by atoms with E-state index in [-0.39, 0.29) is 18.3 Å². The Morgan fingerprint density at radius 2 is 2.09 bits per heavy atom. The first-order chi connectivity index (χ1) is 10.5. The average Bonchev–Trinajstić information content (AvgIpc) is 2.88. The first kappa shape index (κ1) is 16.0. The fraction of sp³-hybridized carbons (Fsp3) is 0.375. The molecule has 0 aliphatic carbocycles. The number of halogens is 1. The molecule has 5 nitrogen and oxygen atoms in total. The van der Waals surface area contributed by atoms with E-state index < -0.39 is 11.9 Å². The smallest absolute Gasteiger partial charge is 0.359 e. The molecule has 0 saturated carbocycles. The number of nitrogens with zero attached hydrogens (tertiary/aromatic N) is 3. The van der Waals surface area contributed by atoms with Gasteiger partial charge in [0.15, 0.2) is 5.69 Å². The van der Waals surface area contributed by atoms with Crippen molar-refractivity contribution in [3.8, 4) is 0 Å². The maximum Gasteiger partial charge on any atom is 0.359 e. The number of rotatable bonds is 5. The Labute approximate surface area is 129 Å². The number of anilines is 1. The Morgan fingerprint density at radius 1 is 1.41 bits per heavy atom. The number of hydrogen-bond donors (Lipinski definition) is 0. The summed E-state index contributed by atoms with van der Waals surface area (Å²) in [6.45, 7) is 3.76. The number of benzene rings is 1. The van der Waals surface area contributed by atoms with Gasteiger partial charge in [0.2, 0.25) is 5.95 Å². The van der Waals surface area contributed by atoms with E-state index >= 15 is 0 Å². The molecule has 2 aromatic rings. The molecule has 0 aliphatic rings. The topological polar surface area (TPSA) is 47.4 Å². The van der Waals surface area contributed by atoms with Crippen molar-refractivity contribution in [3.63, 3.8) is 0 Å². The monoisotopic (exact) mass is 305 g/mol. The summed E-state index contributed by atoms with van der Waals surface area (Å²) in [5.41, 5.74) is 1.82. The van der Waals surface area contributed by atoms with Gasteiger partial charge in [0, 0.05) is 19.8 Å². The van der Waals surface area contributed by atoms with E-state index in [4.69, 9.17) is 4.74 Å². The first-order valence-electron chi connectivity index (χ1n) is 7.13. The maximum atomic E-state index is 13.9. The van der Waals surface area contributed by atoms with Crippen molar-refractivity contribution in [1.29, 1.82) is 0 Å². The van der Waals surface area contributed by atoms with Crippen molar-refractivity contribution >= 4 is 11.7 Å². The molecule has 118 valence electrons. The standard InChI is InChI=1S/C16H20FN3O2/c1-5-22-16(21)14-15(17)18-10-20(14)11(2)12-8-6-7-9-13(12)19(3)4/h6-11H,5H2,1-4H3. The largest absolute Gasteiger partial charge is 0.461 e. The summed E-state index contributed by atoms with van der Waals surface area (Å²) in [6, 6.07) is 7.52. The molecule has 2 rings (SSSR count). The van der Waals surface area contributed by atoms with Crippen LogP contribution in [0.25, 0.3) is 0 Å². The fourth-order valence-corrected chi connectivity index (χ4v) is 2.42. The zero-order valence-electron chi connectivity index (χ0n) is 13.2. The number of hydrogen-bond acceptors (Lipinski definition) is 4. The predicted octanol–water partition coefficient (Wildman–Crippen LogP) is 2.87. The zero-order chi connectivity index (χ0) is 16.3. The van der Waals surface area contributed by atoms with Crippen molar-refractivity contribution in [2.75, 3.05) is 25.6 Å². The number of imidazole rings is 1. The van der Waals surface area contributed by atoms with Gasteiger partial charge in [-0.15, -0.1) is 0 Å². The number of aromatic nitrogens is 2. The minimum atomic E-state index is -0.812. The molecular formula is C16H20FN3O2. The molecule has 0 amide bonds. The number of carbonyl (C=O) groups is 1. The first-order valence-corrected chi connectivity index (χ1v) is 7.13. The third-order valence-electron chi connectivity index (χ3n) is 3.50. The molecule has 0 N–H and O–H groups in total. The third kappa shape index (κ3) is 2.95. The van der Waals surface area contributed by atoms with Gasteiger partial charge < -0.3 is 14.2 Å². The van der Waals surface area contributed by atoms with Crippen LogP contribution in [-0.2, 0) is 4.74 Å². The lowest BCUT2D eigenvalue weighted by Crippen LogP contribution is -2.19. The van der Waals surface area contributed by atoms with Crippen LogP contribution in [0.4, 0.5) is 10.1 Å². The highest BCUT2D eigenvalue weighted by atomic mass is 19.1. The van der Waals surface area contributed by atoms with Crippen molar-refractivity contribution in [3.05, 3.63) is 47.8 Å². The number of ether oxygens (including phenoxy) is 1. The summed E-state index contributed by atoms with van der Waals surface area (Å²) in [4.78, 5) is 17.6. The van der Waals surface area contributed by atoms with Crippen molar-refractivity contribution < 1.29 is 13.9 Å². The molecule has 6 heteroatoms. The lowest BCUT2D eigenvalue weighted by molar-refractivity contribution is 0.0506. The maximum absolute atomic E-state index is 13.9. The van der Waals surface area contributed by atoms with Crippen LogP contribution in [0.3, 0.4) is 0 Å². The lowest BCUT2D eigenvalue weighted by atomic mass is 10.1. The van der Waals surface area contributed by atoms with Gasteiger partial charge in [-0.2, -0.15) is 4.39 Å². The van der Waals surface area contributed by atoms with Gasteiger partial charge >= 0.3 is 5.97 Å². The van der Waals surface area contributed by atoms with E-state index in [1.165, 1.54) is 10.9 Å². The van der Waals surface area contributed by atoms with E-state index in [2.05, 4.69) is 4.98 Å². The molecule has 1 unspecified atom stereocenters. The Kier molecular flexibility index (Phi) is 4.80. The Bertz CT molecular complexity index is 667. The van der Waals surface area contributed by atoms with Crippen molar-refractivity contribution in [1.82, 2.24) is 9.55 Å². The van der Waals surface area contributed by atoms with E-state index in [1.807, 2.05) is 50.2 Å². The van der Waals surface area contributed by atoms with E-state index in [0.29, 0.717) is 0 Å². The minimum absolute atomic E-state index is 0.150. The Balaban J connectivity index is 2.47. The van der Waals surface area contributed by atoms with Gasteiger partial charge in [-0.05, 0) is 25.5 Å². The molecule has 0 spiro atoms. The number of esters is 1. The van der Waals surface area contributed by atoms with Crippen molar-refractivity contribution in [2.45, 2.75) is 19.9 Å². The zero-order valence-corrected chi connectivity index (χ0v) is 13.2. The van der Waals surface area contributed by atoms with Crippen molar-refractivity contribution in [2.24, 2.45) is 0 Å². The molecule has 0 saturated heterocycles. The van der Waals surface area contributed by atoms with Gasteiger partial charge in [-0.3, -0.25) is 0 Å². The molecule has 1 aromatic heterocycles. The molecule has 22 heavy (non-hydrogen) atoms. The Hall–Kier alpha value is -2.37. The van der Waals surface area contributed by atoms with Crippen LogP contribution >= 0.6 is 0 Å². The highest BCUT2D eigenvalue weighted by molar-refractivity contribution is 5.87. The molecule has 0 aliphatic heterocycles. The summed E-state index contributed by atoms with van der Waals surface area (Å²) in [5, 5.41) is 0. The van der Waals surface area contributed by atoms with Gasteiger partial charge in [0.05, 0.1) is 19.0 Å². The summed E-state index contributed by atoms with van der Waals surface area (Å²) in [6.07, 6.45) is 1.33. The van der Waals surface area contributed by atoms with Crippen LogP contribution < -0.4 is 4.90 Å². The highest BCUT2D eigenvalue weighted by Crippen LogP contribution is 2.29.